The molecule has 1 aromatic carbocycles. The second-order valence-electron chi connectivity index (χ2n) is 8.08. The molecule has 1 aromatic heterocycles. The third-order valence-electron chi connectivity index (χ3n) is 5.23. The van der Waals surface area contributed by atoms with E-state index in [-0.39, 0.29) is 5.69 Å². The molecule has 3 heterocycles. The van der Waals surface area contributed by atoms with Crippen LogP contribution in [0, 0.1) is 10.1 Å². The highest BCUT2D eigenvalue weighted by Crippen LogP contribution is 2.48. The van der Waals surface area contributed by atoms with Crippen molar-refractivity contribution in [2.45, 2.75) is 25.1 Å². The van der Waals surface area contributed by atoms with Gasteiger partial charge in [-0.05, 0) is 43.3 Å². The second-order valence-corrected chi connectivity index (χ2v) is 9.06. The smallest absolute Gasteiger partial charge is 0.269 e. The molecule has 0 saturated carbocycles. The quantitative estimate of drug-likeness (QED) is 0.322. The summed E-state index contributed by atoms with van der Waals surface area (Å²) in [5.74, 6) is 1.46. The molecule has 0 N–H and O–H groups in total. The van der Waals surface area contributed by atoms with E-state index < -0.39 is 11.2 Å². The summed E-state index contributed by atoms with van der Waals surface area (Å²) in [6.45, 7) is 4.64. The zero-order chi connectivity index (χ0) is 25.3. The first-order valence-corrected chi connectivity index (χ1v) is 11.9. The molecule has 11 nitrogen and oxygen atoms in total. The van der Waals surface area contributed by atoms with Gasteiger partial charge in [0.1, 0.15) is 10.1 Å². The number of nitro benzene ring substituents is 1. The van der Waals surface area contributed by atoms with E-state index in [9.17, 15) is 10.1 Å². The molecular weight excluding hydrogens is 470 g/mol. The molecule has 2 aromatic rings. The van der Waals surface area contributed by atoms with E-state index in [1.165, 1.54) is 23.9 Å². The number of benzene rings is 1. The van der Waals surface area contributed by atoms with Crippen LogP contribution in [0.2, 0.25) is 0 Å². The standard InChI is InChI=1S/C23H27N7O4S/c1-7-33-18-16-15(13-9-11-14(12-10-13)30(31)32)17-19(34-8-2)25-23(29(5)6)27-21(17)35-20(16)26-22(24-18)28(3)4/h9-12,18H,7-8H2,1-6H3. The van der Waals surface area contributed by atoms with Crippen LogP contribution in [0.1, 0.15) is 25.0 Å². The van der Waals surface area contributed by atoms with Crippen LogP contribution >= 0.6 is 11.8 Å². The number of rotatable bonds is 7. The maximum absolute atomic E-state index is 11.3. The van der Waals surface area contributed by atoms with Gasteiger partial charge < -0.3 is 19.3 Å². The number of anilines is 1. The van der Waals surface area contributed by atoms with Crippen molar-refractivity contribution in [3.05, 3.63) is 51.1 Å². The highest BCUT2D eigenvalue weighted by molar-refractivity contribution is 8.14. The van der Waals surface area contributed by atoms with Gasteiger partial charge in [-0.2, -0.15) is 4.98 Å². The van der Waals surface area contributed by atoms with Crippen molar-refractivity contribution in [1.82, 2.24) is 14.9 Å². The average molecular weight is 498 g/mol. The molecule has 2 aliphatic heterocycles. The zero-order valence-electron chi connectivity index (χ0n) is 20.5. The Balaban J connectivity index is 2.05. The number of nitro groups is 1. The summed E-state index contributed by atoms with van der Waals surface area (Å²) in [6.07, 6.45) is -0.626. The van der Waals surface area contributed by atoms with E-state index in [4.69, 9.17) is 24.4 Å². The highest BCUT2D eigenvalue weighted by atomic mass is 32.2. The van der Waals surface area contributed by atoms with Gasteiger partial charge in [0, 0.05) is 58.1 Å². The van der Waals surface area contributed by atoms with Crippen LogP contribution in [0.5, 0.6) is 5.88 Å². The van der Waals surface area contributed by atoms with Gasteiger partial charge in [0.2, 0.25) is 17.8 Å². The lowest BCUT2D eigenvalue weighted by atomic mass is 9.92. The number of fused-ring (bicyclic) bond motifs is 2. The lowest BCUT2D eigenvalue weighted by molar-refractivity contribution is -0.384. The minimum atomic E-state index is -0.626. The zero-order valence-corrected chi connectivity index (χ0v) is 21.3. The summed E-state index contributed by atoms with van der Waals surface area (Å²) in [7, 11) is 7.48. The Bertz CT molecular complexity index is 1240. The molecule has 0 bridgehead atoms. The Morgan fingerprint density at radius 2 is 1.77 bits per heavy atom. The third-order valence-corrected chi connectivity index (χ3v) is 6.22. The van der Waals surface area contributed by atoms with E-state index >= 15 is 0 Å². The molecule has 2 aliphatic rings. The van der Waals surface area contributed by atoms with Crippen molar-refractivity contribution in [3.63, 3.8) is 0 Å². The fourth-order valence-corrected chi connectivity index (χ4v) is 4.71. The predicted octanol–water partition coefficient (Wildman–Crippen LogP) is 3.45. The molecule has 0 spiro atoms. The summed E-state index contributed by atoms with van der Waals surface area (Å²) in [6, 6.07) is 6.37. The Morgan fingerprint density at radius 3 is 2.34 bits per heavy atom. The van der Waals surface area contributed by atoms with Crippen LogP contribution in [0.25, 0.3) is 5.57 Å². The average Bonchev–Trinajstić information content (AvgIpc) is 2.82. The fraction of sp³-hybridized carbons (Fsp3) is 0.391. The third kappa shape index (κ3) is 4.71. The minimum absolute atomic E-state index is 0.000744. The molecular formula is C23H27N7O4S. The molecule has 0 fully saturated rings. The Morgan fingerprint density at radius 1 is 1.06 bits per heavy atom. The number of guanidine groups is 1. The number of aliphatic imine (C=N–C) groups is 2. The number of ether oxygens (including phenoxy) is 2. The van der Waals surface area contributed by atoms with Crippen LogP contribution in [-0.4, -0.2) is 78.4 Å². The normalized spacial score (nSPS) is 16.7. The molecule has 0 aliphatic carbocycles. The van der Waals surface area contributed by atoms with Gasteiger partial charge in [0.15, 0.2) is 6.23 Å². The largest absolute Gasteiger partial charge is 0.477 e. The van der Waals surface area contributed by atoms with Gasteiger partial charge in [-0.1, -0.05) is 0 Å². The molecule has 12 heteroatoms. The van der Waals surface area contributed by atoms with Gasteiger partial charge in [0.05, 0.1) is 17.1 Å². The molecule has 1 unspecified atom stereocenters. The van der Waals surface area contributed by atoms with Crippen LogP contribution in [0.3, 0.4) is 0 Å². The van der Waals surface area contributed by atoms with Crippen LogP contribution in [0.4, 0.5) is 11.6 Å². The highest BCUT2D eigenvalue weighted by Gasteiger charge is 2.38. The van der Waals surface area contributed by atoms with Crippen LogP contribution < -0.4 is 9.64 Å². The number of aromatic nitrogens is 2. The summed E-state index contributed by atoms with van der Waals surface area (Å²) < 4.78 is 12.0. The van der Waals surface area contributed by atoms with E-state index in [1.807, 2.05) is 51.8 Å². The molecule has 0 radical (unpaired) electrons. The van der Waals surface area contributed by atoms with E-state index in [2.05, 4.69) is 4.98 Å². The van der Waals surface area contributed by atoms with E-state index in [0.717, 1.165) is 16.7 Å². The van der Waals surface area contributed by atoms with Crippen molar-refractivity contribution in [2.24, 2.45) is 9.98 Å². The molecule has 0 saturated heterocycles. The number of nitrogens with zero attached hydrogens (tertiary/aromatic N) is 7. The van der Waals surface area contributed by atoms with Gasteiger partial charge in [-0.3, -0.25) is 10.1 Å². The molecule has 35 heavy (non-hydrogen) atoms. The van der Waals surface area contributed by atoms with Crippen molar-refractivity contribution in [2.75, 3.05) is 46.3 Å². The Kier molecular flexibility index (Phi) is 7.03. The lowest BCUT2D eigenvalue weighted by Crippen LogP contribution is -2.33. The Hall–Kier alpha value is -3.51. The number of thioether (sulfide) groups is 1. The monoisotopic (exact) mass is 497 g/mol. The second kappa shape index (κ2) is 10.0. The lowest BCUT2D eigenvalue weighted by Gasteiger charge is -2.32. The molecule has 1 atom stereocenters. The van der Waals surface area contributed by atoms with Gasteiger partial charge in [-0.25, -0.2) is 15.0 Å². The van der Waals surface area contributed by atoms with Gasteiger partial charge in [0.25, 0.3) is 5.69 Å². The van der Waals surface area contributed by atoms with E-state index in [0.29, 0.717) is 46.6 Å². The SMILES string of the molecule is CCOc1nc(N(C)C)nc2c1C(c1ccc([N+](=O)[O-])cc1)=C1C(=NC(N(C)C)=NC1OCC)S2. The fourth-order valence-electron chi connectivity index (χ4n) is 3.67. The minimum Gasteiger partial charge on any atom is -0.477 e. The van der Waals surface area contributed by atoms with Crippen molar-refractivity contribution < 1.29 is 14.4 Å². The van der Waals surface area contributed by atoms with Crippen molar-refractivity contribution in [1.29, 1.82) is 0 Å². The summed E-state index contributed by atoms with van der Waals surface area (Å²) in [5.41, 5.74) is 2.92. The Labute approximate surface area is 207 Å². The first-order chi connectivity index (χ1) is 16.7. The van der Waals surface area contributed by atoms with E-state index in [1.54, 1.807) is 12.1 Å². The number of hydrogen-bond acceptors (Lipinski definition) is 11. The van der Waals surface area contributed by atoms with Crippen LogP contribution in [0.15, 0.2) is 44.8 Å². The van der Waals surface area contributed by atoms with Gasteiger partial charge in [-0.15, -0.1) is 0 Å². The van der Waals surface area contributed by atoms with Gasteiger partial charge >= 0.3 is 0 Å². The first-order valence-electron chi connectivity index (χ1n) is 11.1. The van der Waals surface area contributed by atoms with Crippen molar-refractivity contribution >= 4 is 40.0 Å². The maximum atomic E-state index is 11.3. The van der Waals surface area contributed by atoms with Crippen LogP contribution in [-0.2, 0) is 4.74 Å². The topological polar surface area (TPSA) is 119 Å². The molecule has 4 rings (SSSR count). The van der Waals surface area contributed by atoms with Crippen molar-refractivity contribution in [3.8, 4) is 5.88 Å². The summed E-state index contributed by atoms with van der Waals surface area (Å²) >= 11 is 1.41. The predicted molar refractivity (Wildman–Crippen MR) is 136 cm³/mol. The number of non-ortho nitro benzene ring substituents is 1. The molecule has 0 amide bonds. The summed E-state index contributed by atoms with van der Waals surface area (Å²) in [5, 5.41) is 12.7. The number of hydrogen-bond donors (Lipinski definition) is 0. The molecule has 184 valence electrons. The summed E-state index contributed by atoms with van der Waals surface area (Å²) in [4.78, 5) is 33.5. The maximum Gasteiger partial charge on any atom is 0.269 e. The first kappa shape index (κ1) is 24.6.